The number of H-pyrrole nitrogens is 2. The molecule has 1 fully saturated rings. The van der Waals surface area contributed by atoms with E-state index < -0.39 is 28.1 Å². The number of nitrogens with zero attached hydrogens (tertiary/aromatic N) is 1. The van der Waals surface area contributed by atoms with Crippen LogP contribution in [0, 0.1) is 18.8 Å². The number of anilines is 1. The van der Waals surface area contributed by atoms with Crippen LogP contribution in [0.2, 0.25) is 0 Å². The van der Waals surface area contributed by atoms with Crippen molar-refractivity contribution in [2.75, 3.05) is 26.0 Å². The van der Waals surface area contributed by atoms with Gasteiger partial charge >= 0.3 is 6.09 Å². The Morgan fingerprint density at radius 3 is 2.31 bits per heavy atom. The number of aryl methyl sites for hydroxylation is 1. The van der Waals surface area contributed by atoms with E-state index in [-0.39, 0.29) is 34.6 Å². The molecule has 0 bridgehead atoms. The number of rotatable bonds is 11. The Hall–Kier alpha value is -4.95. The summed E-state index contributed by atoms with van der Waals surface area (Å²) >= 11 is 0. The van der Waals surface area contributed by atoms with Gasteiger partial charge in [-0.15, -0.1) is 0 Å². The fourth-order valence-electron chi connectivity index (χ4n) is 6.09. The molecule has 0 unspecified atom stereocenters. The maximum Gasteiger partial charge on any atom is 0.404 e. The molecule has 3 aromatic carbocycles. The number of hydrogen-bond acceptors (Lipinski definition) is 6. The van der Waals surface area contributed by atoms with Crippen molar-refractivity contribution in [1.29, 1.82) is 0 Å². The van der Waals surface area contributed by atoms with Gasteiger partial charge in [0.15, 0.2) is 0 Å². The largest absolute Gasteiger partial charge is 0.465 e. The highest BCUT2D eigenvalue weighted by Gasteiger charge is 2.30. The van der Waals surface area contributed by atoms with Crippen molar-refractivity contribution in [2.24, 2.45) is 11.8 Å². The van der Waals surface area contributed by atoms with Crippen molar-refractivity contribution in [2.45, 2.75) is 50.0 Å². The number of sulfonamides is 1. The maximum atomic E-state index is 13.6. The molecule has 1 aliphatic rings. The highest BCUT2D eigenvalue weighted by molar-refractivity contribution is 7.89. The van der Waals surface area contributed by atoms with Crippen molar-refractivity contribution in [3.05, 3.63) is 82.1 Å². The van der Waals surface area contributed by atoms with E-state index in [4.69, 9.17) is 5.11 Å². The number of carboxylic acid groups (broad SMARTS) is 1. The summed E-state index contributed by atoms with van der Waals surface area (Å²) in [6, 6.07) is 16.5. The summed E-state index contributed by atoms with van der Waals surface area (Å²) in [6.07, 6.45) is 1.72. The Labute approximate surface area is 278 Å². The normalized spacial score (nSPS) is 17.2. The van der Waals surface area contributed by atoms with E-state index in [1.807, 2.05) is 31.2 Å². The second kappa shape index (κ2) is 14.4. The van der Waals surface area contributed by atoms with Crippen LogP contribution < -0.4 is 21.5 Å². The molecule has 48 heavy (non-hydrogen) atoms. The Morgan fingerprint density at radius 1 is 0.958 bits per heavy atom. The predicted octanol–water partition coefficient (Wildman–Crippen LogP) is 3.82. The molecule has 0 radical (unpaired) electrons. The van der Waals surface area contributed by atoms with Crippen LogP contribution in [0.4, 0.5) is 10.5 Å². The molecule has 0 aliphatic heterocycles. The quantitative estimate of drug-likeness (QED) is 0.139. The average molecular weight is 677 g/mol. The maximum absolute atomic E-state index is 13.6. The van der Waals surface area contributed by atoms with Gasteiger partial charge in [0.2, 0.25) is 21.8 Å². The molecule has 1 aliphatic carbocycles. The van der Waals surface area contributed by atoms with Crippen LogP contribution in [0.1, 0.15) is 36.8 Å². The topological polar surface area (TPSA) is 194 Å². The van der Waals surface area contributed by atoms with Gasteiger partial charge < -0.3 is 21.1 Å². The van der Waals surface area contributed by atoms with Crippen molar-refractivity contribution in [3.8, 4) is 11.1 Å². The third kappa shape index (κ3) is 7.94. The third-order valence-electron chi connectivity index (χ3n) is 8.92. The number of amides is 3. The third-order valence-corrected chi connectivity index (χ3v) is 10.7. The minimum Gasteiger partial charge on any atom is -0.465 e. The SMILES string of the molecule is Cc1cc(S(=O)(=O)N(C)C)ccc1-c1ccc(C[C@H](NC(=O)[C@H]2CC[C@H](CNC(=O)O)CC2)C(=O)Nc2ccc3c(=O)[nH][nH]c3c2)cc1. The number of fused-ring (bicyclic) bond motifs is 1. The fraction of sp³-hybridized carbons (Fsp3) is 0.353. The predicted molar refractivity (Wildman–Crippen MR) is 182 cm³/mol. The van der Waals surface area contributed by atoms with E-state index in [0.717, 1.165) is 22.3 Å². The molecule has 14 heteroatoms. The van der Waals surface area contributed by atoms with Gasteiger partial charge in [0.25, 0.3) is 5.56 Å². The molecule has 0 saturated heterocycles. The lowest BCUT2D eigenvalue weighted by Gasteiger charge is -2.29. The van der Waals surface area contributed by atoms with Crippen molar-refractivity contribution < 1.29 is 27.9 Å². The molecule has 1 atom stereocenters. The number of hydrogen-bond donors (Lipinski definition) is 6. The minimum atomic E-state index is -3.57. The van der Waals surface area contributed by atoms with Crippen LogP contribution in [-0.2, 0) is 26.0 Å². The van der Waals surface area contributed by atoms with E-state index in [0.29, 0.717) is 48.8 Å². The number of aromatic amines is 2. The molecule has 6 N–H and O–H groups in total. The number of carbonyl (C=O) groups is 3. The molecule has 1 aromatic heterocycles. The van der Waals surface area contributed by atoms with Gasteiger partial charge in [-0.2, -0.15) is 0 Å². The minimum absolute atomic E-state index is 0.162. The summed E-state index contributed by atoms with van der Waals surface area (Å²) in [6.45, 7) is 2.20. The Balaban J connectivity index is 1.32. The van der Waals surface area contributed by atoms with Crippen molar-refractivity contribution in [3.63, 3.8) is 0 Å². The van der Waals surface area contributed by atoms with Gasteiger partial charge in [-0.3, -0.25) is 24.6 Å². The molecule has 13 nitrogen and oxygen atoms in total. The van der Waals surface area contributed by atoms with Crippen LogP contribution in [0.3, 0.4) is 0 Å². The van der Waals surface area contributed by atoms with E-state index in [1.165, 1.54) is 18.4 Å². The Bertz CT molecular complexity index is 1980. The van der Waals surface area contributed by atoms with Crippen LogP contribution in [0.15, 0.2) is 70.4 Å². The standard InChI is InChI=1S/C34H40N6O7S/c1-20-16-26(48(46,47)40(2)3)13-15-27(20)23-8-4-21(5-9-23)17-30(33(43)36-25-12-14-28-29(18-25)38-39-32(28)42)37-31(41)24-10-6-22(7-11-24)19-35-34(44)45/h4-5,8-9,12-16,18,22,24,30,35H,6-7,10-11,17,19H2,1-3H3,(H,36,43)(H,37,41)(H,44,45)(H2,38,39,42)/t22-,24-,30-/m0/s1. The Kier molecular flexibility index (Phi) is 10.3. The number of carbonyl (C=O) groups excluding carboxylic acids is 2. The molecule has 0 spiro atoms. The smallest absolute Gasteiger partial charge is 0.404 e. The van der Waals surface area contributed by atoms with Gasteiger partial charge in [-0.25, -0.2) is 17.5 Å². The molecule has 1 heterocycles. The zero-order valence-corrected chi connectivity index (χ0v) is 27.8. The van der Waals surface area contributed by atoms with Crippen LogP contribution in [0.5, 0.6) is 0 Å². The first-order valence-corrected chi connectivity index (χ1v) is 17.2. The second-order valence-electron chi connectivity index (χ2n) is 12.5. The highest BCUT2D eigenvalue weighted by atomic mass is 32.2. The van der Waals surface area contributed by atoms with Crippen LogP contribution in [-0.4, -0.2) is 72.6 Å². The van der Waals surface area contributed by atoms with Gasteiger partial charge in [0.1, 0.15) is 6.04 Å². The second-order valence-corrected chi connectivity index (χ2v) is 14.6. The van der Waals surface area contributed by atoms with Crippen molar-refractivity contribution >= 4 is 44.5 Å². The first-order chi connectivity index (χ1) is 22.8. The summed E-state index contributed by atoms with van der Waals surface area (Å²) in [5.74, 6) is -0.787. The molecule has 254 valence electrons. The molecular weight excluding hydrogens is 636 g/mol. The van der Waals surface area contributed by atoms with Gasteiger partial charge in [-0.05, 0) is 91.1 Å². The lowest BCUT2D eigenvalue weighted by atomic mass is 9.81. The molecule has 4 aromatic rings. The monoisotopic (exact) mass is 676 g/mol. The molecule has 5 rings (SSSR count). The van der Waals surface area contributed by atoms with E-state index in [1.54, 1.807) is 36.4 Å². The molecule has 1 saturated carbocycles. The van der Waals surface area contributed by atoms with Crippen LogP contribution in [0.25, 0.3) is 22.0 Å². The number of aromatic nitrogens is 2. The number of nitrogens with one attached hydrogen (secondary N) is 5. The van der Waals surface area contributed by atoms with Gasteiger partial charge in [-0.1, -0.05) is 30.3 Å². The summed E-state index contributed by atoms with van der Waals surface area (Å²) in [4.78, 5) is 50.1. The first kappa shape index (κ1) is 34.4. The molecular formula is C34H40N6O7S. The summed E-state index contributed by atoms with van der Waals surface area (Å²) in [7, 11) is -0.588. The Morgan fingerprint density at radius 2 is 1.67 bits per heavy atom. The summed E-state index contributed by atoms with van der Waals surface area (Å²) < 4.78 is 26.3. The summed E-state index contributed by atoms with van der Waals surface area (Å²) in [5.41, 5.74) is 4.06. The van der Waals surface area contributed by atoms with Crippen LogP contribution >= 0.6 is 0 Å². The van der Waals surface area contributed by atoms with Gasteiger partial charge in [0, 0.05) is 38.7 Å². The van der Waals surface area contributed by atoms with Crippen molar-refractivity contribution in [1.82, 2.24) is 25.1 Å². The average Bonchev–Trinajstić information content (AvgIpc) is 3.43. The van der Waals surface area contributed by atoms with E-state index >= 15 is 0 Å². The summed E-state index contributed by atoms with van der Waals surface area (Å²) in [5, 5.41) is 22.9. The fourth-order valence-corrected chi connectivity index (χ4v) is 7.08. The van der Waals surface area contributed by atoms with E-state index in [9.17, 15) is 27.6 Å². The lowest BCUT2D eigenvalue weighted by Crippen LogP contribution is -2.48. The zero-order valence-electron chi connectivity index (χ0n) is 27.0. The first-order valence-electron chi connectivity index (χ1n) is 15.7. The van der Waals surface area contributed by atoms with Gasteiger partial charge in [0.05, 0.1) is 15.8 Å². The number of benzene rings is 3. The zero-order chi connectivity index (χ0) is 34.6. The highest BCUT2D eigenvalue weighted by Crippen LogP contribution is 2.30. The van der Waals surface area contributed by atoms with E-state index in [2.05, 4.69) is 26.1 Å². The lowest BCUT2D eigenvalue weighted by molar-refractivity contribution is -0.130. The molecule has 3 amide bonds.